The van der Waals surface area contributed by atoms with E-state index in [1.165, 1.54) is 0 Å². The van der Waals surface area contributed by atoms with Crippen molar-refractivity contribution in [2.24, 2.45) is 0 Å². The van der Waals surface area contributed by atoms with Gasteiger partial charge in [0.15, 0.2) is 17.3 Å². The second-order valence-corrected chi connectivity index (χ2v) is 8.62. The van der Waals surface area contributed by atoms with Gasteiger partial charge in [0.1, 0.15) is 18.2 Å². The number of aromatic nitrogens is 6. The van der Waals surface area contributed by atoms with E-state index < -0.39 is 0 Å². The van der Waals surface area contributed by atoms with Crippen LogP contribution in [0.5, 0.6) is 5.75 Å². The smallest absolute Gasteiger partial charge is 0.226 e. The Bertz CT molecular complexity index is 1540. The van der Waals surface area contributed by atoms with Crippen LogP contribution in [0.3, 0.4) is 0 Å². The van der Waals surface area contributed by atoms with Gasteiger partial charge in [-0.15, -0.1) is 15.3 Å². The third kappa shape index (κ3) is 3.80. The molecule has 1 amide bonds. The van der Waals surface area contributed by atoms with Gasteiger partial charge in [0, 0.05) is 17.9 Å². The molecule has 0 radical (unpaired) electrons. The molecule has 0 bridgehead atoms. The van der Waals surface area contributed by atoms with Crippen LogP contribution in [-0.2, 0) is 11.4 Å². The standard InChI is InChI=1S/C26H23N7O2/c1-16-25-21(19-8-10-20(11-9-19)35-15-18-6-4-3-5-7-18)14-24(34)27-26(25)33(30-16)23-13-12-22-29-28-17(2)32(22)31-23/h3-13,21H,14-15H2,1-2H3,(H,27,34). The molecule has 0 fully saturated rings. The first-order valence-electron chi connectivity index (χ1n) is 11.4. The van der Waals surface area contributed by atoms with Gasteiger partial charge in [-0.05, 0) is 49.2 Å². The van der Waals surface area contributed by atoms with Crippen LogP contribution in [0.25, 0.3) is 11.5 Å². The van der Waals surface area contributed by atoms with Gasteiger partial charge in [0.05, 0.1) is 5.69 Å². The van der Waals surface area contributed by atoms with Gasteiger partial charge < -0.3 is 10.1 Å². The number of hydrogen-bond acceptors (Lipinski definition) is 6. The number of carbonyl (C=O) groups is 1. The Kier molecular flexibility index (Phi) is 5.02. The molecule has 5 aromatic rings. The van der Waals surface area contributed by atoms with Gasteiger partial charge in [-0.25, -0.2) is 0 Å². The molecule has 4 heterocycles. The molecule has 1 atom stereocenters. The number of aryl methyl sites for hydroxylation is 2. The SMILES string of the molecule is Cc1nn(-c2ccc3nnc(C)n3n2)c2c1C(c1ccc(OCc3ccccc3)cc1)CC(=O)N2. The van der Waals surface area contributed by atoms with Crippen molar-refractivity contribution in [3.63, 3.8) is 0 Å². The van der Waals surface area contributed by atoms with Crippen LogP contribution in [0, 0.1) is 13.8 Å². The Labute approximate surface area is 201 Å². The predicted octanol–water partition coefficient (Wildman–Crippen LogP) is 3.98. The number of rotatable bonds is 5. The zero-order chi connectivity index (χ0) is 23.9. The molecule has 6 rings (SSSR count). The molecule has 0 aliphatic carbocycles. The largest absolute Gasteiger partial charge is 0.489 e. The van der Waals surface area contributed by atoms with Crippen LogP contribution < -0.4 is 10.1 Å². The quantitative estimate of drug-likeness (QED) is 0.422. The maximum absolute atomic E-state index is 12.7. The Hall–Kier alpha value is -4.53. The fraction of sp³-hybridized carbons (Fsp3) is 0.192. The highest BCUT2D eigenvalue weighted by Crippen LogP contribution is 2.40. The van der Waals surface area contributed by atoms with Crippen molar-refractivity contribution in [3.8, 4) is 11.6 Å². The molecule has 0 saturated carbocycles. The summed E-state index contributed by atoms with van der Waals surface area (Å²) in [5.41, 5.74) is 4.64. The van der Waals surface area contributed by atoms with Gasteiger partial charge in [-0.1, -0.05) is 42.5 Å². The summed E-state index contributed by atoms with van der Waals surface area (Å²) in [6.45, 7) is 4.30. The van der Waals surface area contributed by atoms with E-state index in [4.69, 9.17) is 9.84 Å². The number of benzene rings is 2. The number of nitrogens with one attached hydrogen (secondary N) is 1. The zero-order valence-corrected chi connectivity index (χ0v) is 19.3. The molecule has 0 spiro atoms. The molecule has 0 saturated heterocycles. The lowest BCUT2D eigenvalue weighted by atomic mass is 9.86. The molecule has 1 unspecified atom stereocenters. The van der Waals surface area contributed by atoms with Gasteiger partial charge in [0.25, 0.3) is 0 Å². The van der Waals surface area contributed by atoms with E-state index in [1.54, 1.807) is 9.20 Å². The summed E-state index contributed by atoms with van der Waals surface area (Å²) < 4.78 is 9.28. The summed E-state index contributed by atoms with van der Waals surface area (Å²) in [4.78, 5) is 12.7. The molecule has 2 aromatic carbocycles. The average molecular weight is 466 g/mol. The van der Waals surface area contributed by atoms with Crippen LogP contribution in [0.15, 0.2) is 66.7 Å². The number of hydrogen-bond donors (Lipinski definition) is 1. The van der Waals surface area contributed by atoms with E-state index >= 15 is 0 Å². The minimum absolute atomic E-state index is 0.0605. The first kappa shape index (κ1) is 21.0. The maximum atomic E-state index is 12.7. The normalized spacial score (nSPS) is 15.1. The van der Waals surface area contributed by atoms with Crippen molar-refractivity contribution < 1.29 is 9.53 Å². The Morgan fingerprint density at radius 2 is 1.77 bits per heavy atom. The van der Waals surface area contributed by atoms with Crippen molar-refractivity contribution in [1.82, 2.24) is 29.6 Å². The zero-order valence-electron chi connectivity index (χ0n) is 19.3. The third-order valence-electron chi connectivity index (χ3n) is 6.25. The van der Waals surface area contributed by atoms with Gasteiger partial charge in [-0.3, -0.25) is 4.79 Å². The van der Waals surface area contributed by atoms with Crippen molar-refractivity contribution in [1.29, 1.82) is 0 Å². The second kappa shape index (κ2) is 8.35. The third-order valence-corrected chi connectivity index (χ3v) is 6.25. The van der Waals surface area contributed by atoms with E-state index in [-0.39, 0.29) is 11.8 Å². The molecule has 1 aliphatic rings. The molecule has 174 valence electrons. The van der Waals surface area contributed by atoms with Crippen LogP contribution >= 0.6 is 0 Å². The minimum atomic E-state index is -0.115. The molecule has 9 heteroatoms. The lowest BCUT2D eigenvalue weighted by Crippen LogP contribution is -2.25. The summed E-state index contributed by atoms with van der Waals surface area (Å²) in [6.07, 6.45) is 0.348. The second-order valence-electron chi connectivity index (χ2n) is 8.62. The highest BCUT2D eigenvalue weighted by molar-refractivity contribution is 5.95. The van der Waals surface area contributed by atoms with E-state index in [2.05, 4.69) is 20.6 Å². The van der Waals surface area contributed by atoms with E-state index in [0.717, 1.165) is 28.1 Å². The summed E-state index contributed by atoms with van der Waals surface area (Å²) >= 11 is 0. The van der Waals surface area contributed by atoms with Crippen molar-refractivity contribution in [2.45, 2.75) is 32.8 Å². The molecule has 35 heavy (non-hydrogen) atoms. The van der Waals surface area contributed by atoms with Crippen molar-refractivity contribution in [2.75, 3.05) is 5.32 Å². The predicted molar refractivity (Wildman–Crippen MR) is 130 cm³/mol. The molecule has 9 nitrogen and oxygen atoms in total. The number of amides is 1. The number of anilines is 1. The molecule has 3 aromatic heterocycles. The topological polar surface area (TPSA) is 99.2 Å². The van der Waals surface area contributed by atoms with Crippen molar-refractivity contribution >= 4 is 17.4 Å². The Balaban J connectivity index is 1.32. The van der Waals surface area contributed by atoms with Crippen LogP contribution in [-0.4, -0.2) is 35.5 Å². The number of nitrogens with zero attached hydrogens (tertiary/aromatic N) is 6. The fourth-order valence-corrected chi connectivity index (χ4v) is 4.53. The number of ether oxygens (including phenoxy) is 1. The van der Waals surface area contributed by atoms with E-state index in [9.17, 15) is 4.79 Å². The first-order valence-corrected chi connectivity index (χ1v) is 11.4. The van der Waals surface area contributed by atoms with Gasteiger partial charge in [-0.2, -0.15) is 14.3 Å². The molecule has 1 N–H and O–H groups in total. The highest BCUT2D eigenvalue weighted by Gasteiger charge is 2.33. The van der Waals surface area contributed by atoms with Crippen molar-refractivity contribution in [3.05, 3.63) is 94.9 Å². The van der Waals surface area contributed by atoms with Gasteiger partial charge >= 0.3 is 0 Å². The summed E-state index contributed by atoms with van der Waals surface area (Å²) in [5, 5.41) is 20.5. The Morgan fingerprint density at radius 1 is 0.971 bits per heavy atom. The minimum Gasteiger partial charge on any atom is -0.489 e. The fourth-order valence-electron chi connectivity index (χ4n) is 4.53. The first-order chi connectivity index (χ1) is 17.1. The summed E-state index contributed by atoms with van der Waals surface area (Å²) in [5.74, 6) is 2.51. The lowest BCUT2D eigenvalue weighted by Gasteiger charge is -2.24. The molecular formula is C26H23N7O2. The monoisotopic (exact) mass is 465 g/mol. The van der Waals surface area contributed by atoms with Crippen LogP contribution in [0.4, 0.5) is 5.82 Å². The number of carbonyl (C=O) groups excluding carboxylic acids is 1. The molecule has 1 aliphatic heterocycles. The van der Waals surface area contributed by atoms with E-state index in [1.807, 2.05) is 80.6 Å². The summed E-state index contributed by atoms with van der Waals surface area (Å²) in [6, 6.07) is 21.7. The van der Waals surface area contributed by atoms with Gasteiger partial charge in [0.2, 0.25) is 5.91 Å². The van der Waals surface area contributed by atoms with Crippen LogP contribution in [0.2, 0.25) is 0 Å². The molecular weight excluding hydrogens is 442 g/mol. The lowest BCUT2D eigenvalue weighted by molar-refractivity contribution is -0.116. The maximum Gasteiger partial charge on any atom is 0.226 e. The number of fused-ring (bicyclic) bond motifs is 2. The average Bonchev–Trinajstić information content (AvgIpc) is 3.42. The van der Waals surface area contributed by atoms with E-state index in [0.29, 0.717) is 36.1 Å². The summed E-state index contributed by atoms with van der Waals surface area (Å²) in [7, 11) is 0. The highest BCUT2D eigenvalue weighted by atomic mass is 16.5. The van der Waals surface area contributed by atoms with Crippen LogP contribution in [0.1, 0.15) is 40.5 Å². The Morgan fingerprint density at radius 3 is 2.57 bits per heavy atom.